The van der Waals surface area contributed by atoms with Crippen molar-refractivity contribution >= 4 is 16.0 Å². The third-order valence-electron chi connectivity index (χ3n) is 3.25. The lowest BCUT2D eigenvalue weighted by Gasteiger charge is -2.33. The van der Waals surface area contributed by atoms with Crippen LogP contribution in [0.4, 0.5) is 0 Å². The molecule has 1 rings (SSSR count). The van der Waals surface area contributed by atoms with Crippen LogP contribution in [-0.4, -0.2) is 35.9 Å². The summed E-state index contributed by atoms with van der Waals surface area (Å²) in [4.78, 5) is 11.3. The van der Waals surface area contributed by atoms with Gasteiger partial charge in [-0.05, 0) is 25.5 Å². The number of carboxylic acid groups (broad SMARTS) is 1. The standard InChI is InChI=1S/C14H18N2O4S/c1-4-16(14(2,3)13(17)18)21(19,20)10-12-8-6-5-7-11(12)9-15/h5-8H,4,10H2,1-3H3,(H,17,18). The van der Waals surface area contributed by atoms with Gasteiger partial charge in [-0.3, -0.25) is 4.79 Å². The first-order chi connectivity index (χ1) is 9.66. The minimum atomic E-state index is -3.86. The third kappa shape index (κ3) is 3.60. The maximum atomic E-state index is 12.5. The van der Waals surface area contributed by atoms with E-state index >= 15 is 0 Å². The molecule has 0 radical (unpaired) electrons. The van der Waals surface area contributed by atoms with E-state index in [2.05, 4.69) is 0 Å². The Morgan fingerprint density at radius 2 is 1.95 bits per heavy atom. The van der Waals surface area contributed by atoms with E-state index in [-0.39, 0.29) is 12.1 Å². The molecule has 0 bridgehead atoms. The first-order valence-electron chi connectivity index (χ1n) is 6.38. The quantitative estimate of drug-likeness (QED) is 0.860. The van der Waals surface area contributed by atoms with Crippen LogP contribution in [0.25, 0.3) is 0 Å². The molecule has 0 aliphatic heterocycles. The normalized spacial score (nSPS) is 12.1. The molecule has 114 valence electrons. The number of benzene rings is 1. The molecule has 0 heterocycles. The number of rotatable bonds is 6. The molecule has 1 N–H and O–H groups in total. The van der Waals surface area contributed by atoms with Crippen molar-refractivity contribution in [3.63, 3.8) is 0 Å². The van der Waals surface area contributed by atoms with Crippen molar-refractivity contribution in [2.24, 2.45) is 0 Å². The Morgan fingerprint density at radius 3 is 2.43 bits per heavy atom. The zero-order valence-corrected chi connectivity index (χ0v) is 13.0. The highest BCUT2D eigenvalue weighted by Crippen LogP contribution is 2.23. The fraction of sp³-hybridized carbons (Fsp3) is 0.429. The lowest BCUT2D eigenvalue weighted by atomic mass is 10.1. The molecule has 0 amide bonds. The monoisotopic (exact) mass is 310 g/mol. The van der Waals surface area contributed by atoms with Gasteiger partial charge in [0.1, 0.15) is 5.54 Å². The number of carbonyl (C=O) groups is 1. The number of likely N-dealkylation sites (N-methyl/N-ethyl adjacent to an activating group) is 1. The van der Waals surface area contributed by atoms with Crippen molar-refractivity contribution in [2.75, 3.05) is 6.54 Å². The van der Waals surface area contributed by atoms with Crippen molar-refractivity contribution < 1.29 is 18.3 Å². The van der Waals surface area contributed by atoms with Crippen LogP contribution in [0.2, 0.25) is 0 Å². The lowest BCUT2D eigenvalue weighted by Crippen LogP contribution is -2.53. The second kappa shape index (κ2) is 6.24. The largest absolute Gasteiger partial charge is 0.480 e. The van der Waals surface area contributed by atoms with Crippen LogP contribution in [-0.2, 0) is 20.6 Å². The summed E-state index contributed by atoms with van der Waals surface area (Å²) in [5.41, 5.74) is -0.917. The molecule has 1 aromatic rings. The summed E-state index contributed by atoms with van der Waals surface area (Å²) in [5.74, 6) is -1.62. The van der Waals surface area contributed by atoms with Gasteiger partial charge in [0.2, 0.25) is 10.0 Å². The van der Waals surface area contributed by atoms with Gasteiger partial charge >= 0.3 is 5.97 Å². The summed E-state index contributed by atoms with van der Waals surface area (Å²) in [6.07, 6.45) is 0. The summed E-state index contributed by atoms with van der Waals surface area (Å²) in [7, 11) is -3.86. The van der Waals surface area contributed by atoms with Crippen LogP contribution < -0.4 is 0 Å². The Labute approximate surface area is 124 Å². The van der Waals surface area contributed by atoms with Gasteiger partial charge in [-0.15, -0.1) is 0 Å². The first-order valence-corrected chi connectivity index (χ1v) is 7.99. The maximum absolute atomic E-state index is 12.5. The van der Waals surface area contributed by atoms with Gasteiger partial charge in [0.05, 0.1) is 17.4 Å². The summed E-state index contributed by atoms with van der Waals surface area (Å²) >= 11 is 0. The van der Waals surface area contributed by atoms with E-state index in [0.717, 1.165) is 4.31 Å². The second-order valence-corrected chi connectivity index (χ2v) is 6.95. The Bertz CT molecular complexity index is 674. The SMILES string of the molecule is CCN(C(C)(C)C(=O)O)S(=O)(=O)Cc1ccccc1C#N. The molecule has 0 fully saturated rings. The average Bonchev–Trinajstić information content (AvgIpc) is 2.38. The van der Waals surface area contributed by atoms with E-state index in [1.807, 2.05) is 6.07 Å². The van der Waals surface area contributed by atoms with Gasteiger partial charge in [-0.2, -0.15) is 9.57 Å². The van der Waals surface area contributed by atoms with Gasteiger partial charge in [-0.1, -0.05) is 25.1 Å². The van der Waals surface area contributed by atoms with Crippen molar-refractivity contribution in [3.8, 4) is 6.07 Å². The van der Waals surface area contributed by atoms with Crippen molar-refractivity contribution in [1.29, 1.82) is 5.26 Å². The van der Waals surface area contributed by atoms with Crippen molar-refractivity contribution in [1.82, 2.24) is 4.31 Å². The van der Waals surface area contributed by atoms with Gasteiger partial charge in [0.15, 0.2) is 0 Å². The maximum Gasteiger partial charge on any atom is 0.324 e. The molecule has 0 saturated heterocycles. The summed E-state index contributed by atoms with van der Waals surface area (Å²) in [5, 5.41) is 18.2. The number of aliphatic carboxylic acids is 1. The first kappa shape index (κ1) is 17.1. The molecule has 0 saturated carbocycles. The highest BCUT2D eigenvalue weighted by atomic mass is 32.2. The summed E-state index contributed by atoms with van der Waals surface area (Å²) in [6.45, 7) is 4.30. The molecular formula is C14H18N2O4S. The Kier molecular flexibility index (Phi) is 5.10. The van der Waals surface area contributed by atoms with E-state index in [0.29, 0.717) is 5.56 Å². The molecule has 0 aliphatic rings. The van der Waals surface area contributed by atoms with E-state index in [4.69, 9.17) is 5.26 Å². The number of hydrogen-bond acceptors (Lipinski definition) is 4. The predicted molar refractivity (Wildman–Crippen MR) is 77.9 cm³/mol. The Morgan fingerprint density at radius 1 is 1.38 bits per heavy atom. The van der Waals surface area contributed by atoms with Gasteiger partial charge in [0, 0.05) is 6.54 Å². The zero-order chi connectivity index (χ0) is 16.3. The van der Waals surface area contributed by atoms with E-state index in [1.54, 1.807) is 25.1 Å². The van der Waals surface area contributed by atoms with Gasteiger partial charge < -0.3 is 5.11 Å². The van der Waals surface area contributed by atoms with Gasteiger partial charge in [-0.25, -0.2) is 8.42 Å². The van der Waals surface area contributed by atoms with Gasteiger partial charge in [0.25, 0.3) is 0 Å². The van der Waals surface area contributed by atoms with E-state index in [1.165, 1.54) is 19.9 Å². The van der Waals surface area contributed by atoms with Crippen LogP contribution in [0.3, 0.4) is 0 Å². The zero-order valence-electron chi connectivity index (χ0n) is 12.2. The fourth-order valence-electron chi connectivity index (χ4n) is 2.08. The average molecular weight is 310 g/mol. The molecular weight excluding hydrogens is 292 g/mol. The molecule has 6 nitrogen and oxygen atoms in total. The molecule has 1 aromatic carbocycles. The van der Waals surface area contributed by atoms with Crippen molar-refractivity contribution in [3.05, 3.63) is 35.4 Å². The fourth-order valence-corrected chi connectivity index (χ4v) is 4.04. The number of nitrogens with zero attached hydrogens (tertiary/aromatic N) is 2. The topological polar surface area (TPSA) is 98.5 Å². The Hall–Kier alpha value is -1.91. The second-order valence-electron chi connectivity index (χ2n) is 5.05. The minimum absolute atomic E-state index is 0.0380. The van der Waals surface area contributed by atoms with Crippen molar-refractivity contribution in [2.45, 2.75) is 32.1 Å². The predicted octanol–water partition coefficient (Wildman–Crippen LogP) is 1.57. The molecule has 0 unspecified atom stereocenters. The molecule has 0 aromatic heterocycles. The smallest absolute Gasteiger partial charge is 0.324 e. The van der Waals surface area contributed by atoms with Crippen LogP contribution in [0.5, 0.6) is 0 Å². The minimum Gasteiger partial charge on any atom is -0.480 e. The lowest BCUT2D eigenvalue weighted by molar-refractivity contribution is -0.146. The van der Waals surface area contributed by atoms with Crippen LogP contribution >= 0.6 is 0 Å². The number of carboxylic acids is 1. The van der Waals surface area contributed by atoms with Crippen LogP contribution in [0.15, 0.2) is 24.3 Å². The highest BCUT2D eigenvalue weighted by Gasteiger charge is 2.41. The van der Waals surface area contributed by atoms with Crippen LogP contribution in [0.1, 0.15) is 31.9 Å². The molecule has 0 spiro atoms. The Balaban J connectivity index is 3.22. The molecule has 0 atom stereocenters. The molecule has 0 aliphatic carbocycles. The molecule has 21 heavy (non-hydrogen) atoms. The van der Waals surface area contributed by atoms with Crippen LogP contribution in [0, 0.1) is 11.3 Å². The summed E-state index contributed by atoms with van der Waals surface area (Å²) < 4.78 is 25.9. The summed E-state index contributed by atoms with van der Waals surface area (Å²) in [6, 6.07) is 8.31. The highest BCUT2D eigenvalue weighted by molar-refractivity contribution is 7.88. The third-order valence-corrected chi connectivity index (χ3v) is 5.31. The number of nitriles is 1. The molecule has 7 heteroatoms. The number of sulfonamides is 1. The van der Waals surface area contributed by atoms with E-state index in [9.17, 15) is 18.3 Å². The number of hydrogen-bond donors (Lipinski definition) is 1. The van der Waals surface area contributed by atoms with E-state index < -0.39 is 27.3 Å².